The summed E-state index contributed by atoms with van der Waals surface area (Å²) in [5, 5.41) is 9.90. The van der Waals surface area contributed by atoms with Gasteiger partial charge < -0.3 is 9.84 Å². The van der Waals surface area contributed by atoms with Crippen LogP contribution in [0.15, 0.2) is 59.8 Å². The molecule has 5 rings (SSSR count). The van der Waals surface area contributed by atoms with Crippen molar-refractivity contribution in [1.29, 1.82) is 0 Å². The first-order valence-corrected chi connectivity index (χ1v) is 12.5. The number of benzene rings is 1. The van der Waals surface area contributed by atoms with Crippen LogP contribution >= 0.6 is 0 Å². The minimum Gasteiger partial charge on any atom is -0.508 e. The van der Waals surface area contributed by atoms with E-state index in [0.29, 0.717) is 19.6 Å². The summed E-state index contributed by atoms with van der Waals surface area (Å²) >= 11 is 0. The van der Waals surface area contributed by atoms with E-state index >= 15 is 0 Å². The Bertz CT molecular complexity index is 1190. The number of allylic oxidation sites excluding steroid dienone is 2. The van der Waals surface area contributed by atoms with Gasteiger partial charge in [0.05, 0.1) is 30.2 Å². The first-order valence-electron chi connectivity index (χ1n) is 12.5. The van der Waals surface area contributed by atoms with E-state index in [1.165, 1.54) is 16.0 Å². The lowest BCUT2D eigenvalue weighted by Gasteiger charge is -2.30. The van der Waals surface area contributed by atoms with E-state index in [9.17, 15) is 14.7 Å². The average Bonchev–Trinajstić information content (AvgIpc) is 3.38. The first-order chi connectivity index (χ1) is 17.0. The quantitative estimate of drug-likeness (QED) is 0.460. The van der Waals surface area contributed by atoms with Crippen LogP contribution < -0.4 is 0 Å². The molecule has 1 aromatic carbocycles. The number of amides is 2. The van der Waals surface area contributed by atoms with Crippen LogP contribution in [-0.4, -0.2) is 46.1 Å². The Labute approximate surface area is 206 Å². The molecule has 2 aromatic rings. The van der Waals surface area contributed by atoms with Gasteiger partial charge in [-0.25, -0.2) is 0 Å². The SMILES string of the molecule is CCCN1C(=O)[C@@H]2[C@@H](CC(C)=C3[C@@H](CC/C(=C/c4cccc(O)c4)c4ccccn4)OC[C@@H]32)C1=O. The monoisotopic (exact) mass is 472 g/mol. The van der Waals surface area contributed by atoms with Crippen molar-refractivity contribution in [2.45, 2.75) is 45.6 Å². The van der Waals surface area contributed by atoms with Gasteiger partial charge in [0.15, 0.2) is 0 Å². The number of aromatic hydroxyl groups is 1. The van der Waals surface area contributed by atoms with Crippen LogP contribution in [0.2, 0.25) is 0 Å². The second-order valence-electron chi connectivity index (χ2n) is 9.85. The molecule has 3 aliphatic rings. The van der Waals surface area contributed by atoms with Gasteiger partial charge in [-0.2, -0.15) is 0 Å². The molecule has 1 aliphatic carbocycles. The number of phenolic OH excluding ortho intramolecular Hbond substituents is 1. The van der Waals surface area contributed by atoms with Gasteiger partial charge in [0.2, 0.25) is 11.8 Å². The molecule has 1 N–H and O–H groups in total. The zero-order valence-corrected chi connectivity index (χ0v) is 20.3. The number of rotatable bonds is 7. The Morgan fingerprint density at radius 1 is 1.17 bits per heavy atom. The first kappa shape index (κ1) is 23.5. The van der Waals surface area contributed by atoms with E-state index in [1.807, 2.05) is 37.3 Å². The Morgan fingerprint density at radius 2 is 2.03 bits per heavy atom. The fourth-order valence-corrected chi connectivity index (χ4v) is 6.07. The summed E-state index contributed by atoms with van der Waals surface area (Å²) in [6, 6.07) is 13.1. The number of hydrogen-bond donors (Lipinski definition) is 1. The number of aromatic nitrogens is 1. The number of likely N-dealkylation sites (tertiary alicyclic amines) is 1. The molecule has 2 fully saturated rings. The molecule has 35 heavy (non-hydrogen) atoms. The topological polar surface area (TPSA) is 79.7 Å². The second-order valence-corrected chi connectivity index (χ2v) is 9.85. The molecule has 2 saturated heterocycles. The van der Waals surface area contributed by atoms with Crippen molar-refractivity contribution in [2.75, 3.05) is 13.2 Å². The molecular formula is C29H32N2O4. The highest BCUT2D eigenvalue weighted by Gasteiger charge is 2.56. The molecule has 6 heteroatoms. The lowest BCUT2D eigenvalue weighted by molar-refractivity contribution is -0.140. The Kier molecular flexibility index (Phi) is 6.56. The molecule has 0 saturated carbocycles. The number of nitrogens with zero attached hydrogens (tertiary/aromatic N) is 2. The van der Waals surface area contributed by atoms with E-state index in [4.69, 9.17) is 4.74 Å². The van der Waals surface area contributed by atoms with Gasteiger partial charge >= 0.3 is 0 Å². The van der Waals surface area contributed by atoms with Crippen molar-refractivity contribution in [3.63, 3.8) is 0 Å². The maximum atomic E-state index is 13.2. The maximum Gasteiger partial charge on any atom is 0.233 e. The summed E-state index contributed by atoms with van der Waals surface area (Å²) in [4.78, 5) is 32.1. The number of hydrogen-bond acceptors (Lipinski definition) is 5. The van der Waals surface area contributed by atoms with Crippen molar-refractivity contribution in [1.82, 2.24) is 9.88 Å². The Hall–Kier alpha value is -3.25. The molecular weight excluding hydrogens is 440 g/mol. The second kappa shape index (κ2) is 9.78. The maximum absolute atomic E-state index is 13.2. The van der Waals surface area contributed by atoms with E-state index in [0.717, 1.165) is 36.1 Å². The smallest absolute Gasteiger partial charge is 0.233 e. The number of imide groups is 1. The third kappa shape index (κ3) is 4.43. The zero-order valence-electron chi connectivity index (χ0n) is 20.3. The van der Waals surface area contributed by atoms with Gasteiger partial charge in [-0.1, -0.05) is 30.7 Å². The standard InChI is InChI=1S/C29H32N2O4/c1-3-13-31-28(33)22-14-18(2)26-23(27(22)29(31)34)17-35-25(26)11-10-20(24-9-4-5-12-30-24)15-19-7-6-8-21(32)16-19/h4-9,12,15-16,22-23,25,27,32H,3,10-11,13-14,17H2,1-2H3/b20-15-/t22-,23+,25-,27-/m1/s1. The molecule has 2 amide bonds. The molecule has 6 nitrogen and oxygen atoms in total. The van der Waals surface area contributed by atoms with Crippen molar-refractivity contribution in [3.05, 3.63) is 71.1 Å². The van der Waals surface area contributed by atoms with Crippen molar-refractivity contribution in [2.24, 2.45) is 17.8 Å². The minimum absolute atomic E-state index is 0.00446. The predicted octanol–water partition coefficient (Wildman–Crippen LogP) is 4.85. The zero-order chi connectivity index (χ0) is 24.5. The molecule has 0 unspecified atom stereocenters. The summed E-state index contributed by atoms with van der Waals surface area (Å²) in [6.45, 7) is 5.09. The molecule has 0 spiro atoms. The van der Waals surface area contributed by atoms with Crippen molar-refractivity contribution >= 4 is 23.5 Å². The number of ether oxygens (including phenoxy) is 1. The average molecular weight is 473 g/mol. The van der Waals surface area contributed by atoms with Crippen LogP contribution in [0.5, 0.6) is 5.75 Å². The third-order valence-corrected chi connectivity index (χ3v) is 7.57. The molecule has 3 heterocycles. The summed E-state index contributed by atoms with van der Waals surface area (Å²) in [7, 11) is 0. The van der Waals surface area contributed by atoms with Crippen LogP contribution in [0.25, 0.3) is 11.6 Å². The molecule has 4 atom stereocenters. The largest absolute Gasteiger partial charge is 0.508 e. The molecule has 0 radical (unpaired) electrons. The lowest BCUT2D eigenvalue weighted by Crippen LogP contribution is -2.34. The van der Waals surface area contributed by atoms with Gasteiger partial charge in [-0.15, -0.1) is 0 Å². The van der Waals surface area contributed by atoms with Crippen molar-refractivity contribution < 1.29 is 19.4 Å². The normalized spacial score (nSPS) is 26.3. The third-order valence-electron chi connectivity index (χ3n) is 7.57. The van der Waals surface area contributed by atoms with Crippen molar-refractivity contribution in [3.8, 4) is 5.75 Å². The van der Waals surface area contributed by atoms with Crippen LogP contribution in [0.1, 0.15) is 50.8 Å². The van der Waals surface area contributed by atoms with Gasteiger partial charge in [-0.3, -0.25) is 19.5 Å². The van der Waals surface area contributed by atoms with Crippen LogP contribution in [0, 0.1) is 17.8 Å². The number of phenols is 1. The molecule has 182 valence electrons. The highest BCUT2D eigenvalue weighted by Crippen LogP contribution is 2.49. The van der Waals surface area contributed by atoms with Crippen LogP contribution in [0.4, 0.5) is 0 Å². The lowest BCUT2D eigenvalue weighted by atomic mass is 9.70. The number of pyridine rings is 1. The van der Waals surface area contributed by atoms with E-state index in [1.54, 1.807) is 18.3 Å². The summed E-state index contributed by atoms with van der Waals surface area (Å²) in [5.41, 5.74) is 5.30. The van der Waals surface area contributed by atoms with Gasteiger partial charge in [0.25, 0.3) is 0 Å². The summed E-state index contributed by atoms with van der Waals surface area (Å²) in [6.07, 6.45) is 6.71. The van der Waals surface area contributed by atoms with Gasteiger partial charge in [-0.05, 0) is 79.7 Å². The molecule has 1 aromatic heterocycles. The Morgan fingerprint density at radius 3 is 2.77 bits per heavy atom. The predicted molar refractivity (Wildman–Crippen MR) is 134 cm³/mol. The summed E-state index contributed by atoms with van der Waals surface area (Å²) in [5.74, 6) is -0.318. The van der Waals surface area contributed by atoms with E-state index in [2.05, 4.69) is 18.0 Å². The Balaban J connectivity index is 1.38. The highest BCUT2D eigenvalue weighted by atomic mass is 16.5. The molecule has 2 aliphatic heterocycles. The fourth-order valence-electron chi connectivity index (χ4n) is 6.07. The molecule has 0 bridgehead atoms. The number of fused-ring (bicyclic) bond motifs is 3. The minimum atomic E-state index is -0.282. The highest BCUT2D eigenvalue weighted by molar-refractivity contribution is 6.05. The van der Waals surface area contributed by atoms with Gasteiger partial charge in [0.1, 0.15) is 5.75 Å². The van der Waals surface area contributed by atoms with Crippen LogP contribution in [0.3, 0.4) is 0 Å². The fraction of sp³-hybridized carbons (Fsp3) is 0.414. The van der Waals surface area contributed by atoms with Gasteiger partial charge in [0, 0.05) is 18.7 Å². The summed E-state index contributed by atoms with van der Waals surface area (Å²) < 4.78 is 6.29. The van der Waals surface area contributed by atoms with Crippen LogP contribution in [-0.2, 0) is 14.3 Å². The van der Waals surface area contributed by atoms with E-state index < -0.39 is 0 Å². The number of carbonyl (C=O) groups excluding carboxylic acids is 2. The number of carbonyl (C=O) groups is 2. The van der Waals surface area contributed by atoms with E-state index in [-0.39, 0.29) is 41.4 Å².